The second-order valence-corrected chi connectivity index (χ2v) is 6.16. The Kier molecular flexibility index (Phi) is 7.36. The van der Waals surface area contributed by atoms with Gasteiger partial charge in [-0.1, -0.05) is 72.3 Å². The molecular formula is C19H26BO2. The van der Waals surface area contributed by atoms with Gasteiger partial charge in [0.2, 0.25) is 0 Å². The summed E-state index contributed by atoms with van der Waals surface area (Å²) in [6, 6.07) is 22.3. The summed E-state index contributed by atoms with van der Waals surface area (Å²) < 4.78 is 10.4. The van der Waals surface area contributed by atoms with Crippen molar-refractivity contribution in [1.29, 1.82) is 0 Å². The van der Waals surface area contributed by atoms with Crippen LogP contribution in [0.5, 0.6) is 0 Å². The molecule has 1 aliphatic rings. The van der Waals surface area contributed by atoms with E-state index < -0.39 is 0 Å². The van der Waals surface area contributed by atoms with Gasteiger partial charge in [-0.3, -0.25) is 0 Å². The quantitative estimate of drug-likeness (QED) is 0.650. The minimum atomic E-state index is -0.188. The monoisotopic (exact) mass is 297 g/mol. The average molecular weight is 297 g/mol. The van der Waals surface area contributed by atoms with Crippen LogP contribution in [0.15, 0.2) is 66.7 Å². The molecule has 1 fully saturated rings. The third-order valence-corrected chi connectivity index (χ3v) is 3.74. The first-order valence-corrected chi connectivity index (χ1v) is 7.54. The van der Waals surface area contributed by atoms with Gasteiger partial charge in [-0.15, -0.1) is 0 Å². The van der Waals surface area contributed by atoms with Crippen LogP contribution < -0.4 is 0 Å². The molecule has 0 atom stereocenters. The average Bonchev–Trinajstić information content (AvgIpc) is 2.75. The van der Waals surface area contributed by atoms with E-state index in [2.05, 4.69) is 19.1 Å². The zero-order valence-corrected chi connectivity index (χ0v) is 14.2. The predicted molar refractivity (Wildman–Crippen MR) is 93.7 cm³/mol. The van der Waals surface area contributed by atoms with Gasteiger partial charge >= 0.3 is 7.69 Å². The highest BCUT2D eigenvalue weighted by Gasteiger charge is 2.44. The van der Waals surface area contributed by atoms with E-state index in [1.807, 2.05) is 82.3 Å². The first-order valence-electron chi connectivity index (χ1n) is 7.54. The van der Waals surface area contributed by atoms with Crippen LogP contribution in [0.3, 0.4) is 0 Å². The number of rotatable bonds is 0. The van der Waals surface area contributed by atoms with Crippen molar-refractivity contribution in [1.82, 2.24) is 0 Å². The molecule has 2 aromatic rings. The van der Waals surface area contributed by atoms with Crippen LogP contribution in [-0.2, 0) is 9.31 Å². The lowest BCUT2D eigenvalue weighted by Gasteiger charge is -2.32. The van der Waals surface area contributed by atoms with Gasteiger partial charge < -0.3 is 9.31 Å². The molecule has 1 heterocycles. The van der Waals surface area contributed by atoms with Crippen LogP contribution in [0, 0.1) is 6.92 Å². The Balaban J connectivity index is 0.000000169. The van der Waals surface area contributed by atoms with E-state index in [-0.39, 0.29) is 11.2 Å². The normalized spacial score (nSPS) is 17.1. The Bertz CT molecular complexity index is 469. The zero-order chi connectivity index (χ0) is 16.5. The Hall–Kier alpha value is -1.58. The van der Waals surface area contributed by atoms with E-state index in [0.717, 1.165) is 0 Å². The molecule has 0 spiro atoms. The first-order chi connectivity index (χ1) is 10.4. The van der Waals surface area contributed by atoms with Gasteiger partial charge in [-0.05, 0) is 34.6 Å². The van der Waals surface area contributed by atoms with Crippen LogP contribution in [0.1, 0.15) is 33.3 Å². The maximum atomic E-state index is 5.21. The van der Waals surface area contributed by atoms with Crippen molar-refractivity contribution in [2.45, 2.75) is 45.8 Å². The summed E-state index contributed by atoms with van der Waals surface area (Å²) in [7, 11) is 1.42. The molecule has 0 amide bonds. The van der Waals surface area contributed by atoms with Gasteiger partial charge in [0.25, 0.3) is 0 Å². The van der Waals surface area contributed by atoms with Crippen molar-refractivity contribution < 1.29 is 9.31 Å². The third-order valence-electron chi connectivity index (χ3n) is 3.74. The number of hydrogen-bond donors (Lipinski definition) is 0. The van der Waals surface area contributed by atoms with Crippen LogP contribution in [0.2, 0.25) is 0 Å². The summed E-state index contributed by atoms with van der Waals surface area (Å²) in [4.78, 5) is 0. The van der Waals surface area contributed by atoms with Crippen LogP contribution in [-0.4, -0.2) is 18.9 Å². The molecule has 1 saturated heterocycles. The Morgan fingerprint density at radius 3 is 1.14 bits per heavy atom. The molecule has 0 N–H and O–H groups in total. The zero-order valence-electron chi connectivity index (χ0n) is 14.2. The standard InChI is InChI=1S/C7H8.C6H12BO2.C6H6/c1-7-5-3-2-4-6-7;1-5(2)6(3,4)9-7-8-5;1-2-4-6-5-3-1/h2-6H,1H3;1-4H3;1-6H. The second kappa shape index (κ2) is 8.77. The lowest BCUT2D eigenvalue weighted by molar-refractivity contribution is 0.00578. The minimum Gasteiger partial charge on any atom is -0.405 e. The highest BCUT2D eigenvalue weighted by atomic mass is 16.7. The Morgan fingerprint density at radius 1 is 0.636 bits per heavy atom. The van der Waals surface area contributed by atoms with Crippen LogP contribution >= 0.6 is 0 Å². The van der Waals surface area contributed by atoms with Crippen molar-refractivity contribution in [3.8, 4) is 0 Å². The summed E-state index contributed by atoms with van der Waals surface area (Å²) in [5.74, 6) is 0. The molecule has 2 aromatic carbocycles. The van der Waals surface area contributed by atoms with Crippen LogP contribution in [0.25, 0.3) is 0 Å². The van der Waals surface area contributed by atoms with E-state index in [0.29, 0.717) is 0 Å². The van der Waals surface area contributed by atoms with E-state index in [1.165, 1.54) is 13.2 Å². The molecule has 0 unspecified atom stereocenters. The Morgan fingerprint density at radius 2 is 0.955 bits per heavy atom. The Labute approximate surface area is 135 Å². The van der Waals surface area contributed by atoms with Crippen molar-refractivity contribution in [3.05, 3.63) is 72.3 Å². The summed E-state index contributed by atoms with van der Waals surface area (Å²) in [5, 5.41) is 0. The third kappa shape index (κ3) is 6.46. The van der Waals surface area contributed by atoms with E-state index in [1.54, 1.807) is 0 Å². The van der Waals surface area contributed by atoms with Gasteiger partial charge in [-0.25, -0.2) is 0 Å². The molecule has 1 radical (unpaired) electrons. The fraction of sp³-hybridized carbons (Fsp3) is 0.368. The molecule has 1 aliphatic heterocycles. The van der Waals surface area contributed by atoms with Gasteiger partial charge in [0.15, 0.2) is 0 Å². The number of hydrogen-bond acceptors (Lipinski definition) is 2. The lowest BCUT2D eigenvalue weighted by Crippen LogP contribution is -2.41. The maximum Gasteiger partial charge on any atom is 0.488 e. The summed E-state index contributed by atoms with van der Waals surface area (Å²) in [6.07, 6.45) is 0. The molecule has 0 saturated carbocycles. The summed E-state index contributed by atoms with van der Waals surface area (Å²) in [6.45, 7) is 10.1. The fourth-order valence-electron chi connectivity index (χ4n) is 1.47. The van der Waals surface area contributed by atoms with Crippen molar-refractivity contribution in [3.63, 3.8) is 0 Å². The summed E-state index contributed by atoms with van der Waals surface area (Å²) in [5.41, 5.74) is 0.947. The SMILES string of the molecule is CC1(C)O[B]OC1(C)C.Cc1ccccc1.c1ccccc1. The molecule has 0 aliphatic carbocycles. The smallest absolute Gasteiger partial charge is 0.405 e. The molecular weight excluding hydrogens is 271 g/mol. The van der Waals surface area contributed by atoms with Gasteiger partial charge in [0.1, 0.15) is 0 Å². The van der Waals surface area contributed by atoms with E-state index in [4.69, 9.17) is 9.31 Å². The lowest BCUT2D eigenvalue weighted by atomic mass is 9.90. The van der Waals surface area contributed by atoms with Gasteiger partial charge in [0, 0.05) is 0 Å². The highest BCUT2D eigenvalue weighted by molar-refractivity contribution is 6.19. The van der Waals surface area contributed by atoms with Gasteiger partial charge in [-0.2, -0.15) is 0 Å². The van der Waals surface area contributed by atoms with Gasteiger partial charge in [0.05, 0.1) is 11.2 Å². The van der Waals surface area contributed by atoms with E-state index >= 15 is 0 Å². The molecule has 3 heteroatoms. The predicted octanol–water partition coefficient (Wildman–Crippen LogP) is 4.81. The number of benzene rings is 2. The second-order valence-electron chi connectivity index (χ2n) is 6.16. The highest BCUT2D eigenvalue weighted by Crippen LogP contribution is 2.33. The van der Waals surface area contributed by atoms with Crippen molar-refractivity contribution in [2.75, 3.05) is 0 Å². The first kappa shape index (κ1) is 18.5. The summed E-state index contributed by atoms with van der Waals surface area (Å²) >= 11 is 0. The van der Waals surface area contributed by atoms with Crippen molar-refractivity contribution >= 4 is 7.69 Å². The fourth-order valence-corrected chi connectivity index (χ4v) is 1.47. The minimum absolute atomic E-state index is 0.187. The largest absolute Gasteiger partial charge is 0.488 e. The number of aryl methyl sites for hydroxylation is 1. The molecule has 2 nitrogen and oxygen atoms in total. The molecule has 0 aromatic heterocycles. The molecule has 0 bridgehead atoms. The van der Waals surface area contributed by atoms with Crippen LogP contribution in [0.4, 0.5) is 0 Å². The maximum absolute atomic E-state index is 5.21. The topological polar surface area (TPSA) is 18.5 Å². The van der Waals surface area contributed by atoms with Crippen molar-refractivity contribution in [2.24, 2.45) is 0 Å². The molecule has 117 valence electrons. The van der Waals surface area contributed by atoms with E-state index in [9.17, 15) is 0 Å². The molecule has 22 heavy (non-hydrogen) atoms. The molecule has 3 rings (SSSR count).